The van der Waals surface area contributed by atoms with Crippen LogP contribution in [0.15, 0.2) is 124 Å². The molecule has 0 fully saturated rings. The number of para-hydroxylation sites is 4. The number of hydrogen-bond donors (Lipinski definition) is 0. The Bertz CT molecular complexity index is 2650. The minimum absolute atomic E-state index is 0.493. The van der Waals surface area contributed by atoms with Crippen LogP contribution in [0.5, 0.6) is 0 Å². The molecule has 0 aliphatic carbocycles. The first kappa shape index (κ1) is 23.4. The summed E-state index contributed by atoms with van der Waals surface area (Å²) in [4.78, 5) is 3.64. The number of fused-ring (bicyclic) bond motifs is 9. The summed E-state index contributed by atoms with van der Waals surface area (Å²) in [6, 6.07) is 40.9. The molecule has 6 aromatic carbocycles. The molecule has 0 aliphatic rings. The first-order valence-electron chi connectivity index (χ1n) is 13.9. The van der Waals surface area contributed by atoms with E-state index in [9.17, 15) is 5.26 Å². The van der Waals surface area contributed by atoms with E-state index in [2.05, 4.69) is 76.1 Å². The number of hydrogen-bond acceptors (Lipinski definition) is 3. The van der Waals surface area contributed by atoms with Gasteiger partial charge < -0.3 is 13.4 Å². The molecule has 0 radical (unpaired) electrons. The SMILES string of the molecule is [C-]#[N+]c1cccc2c1oc1cc3oc4ccc(-c5cccc(C#N)c5-n5c6ccccc6c6ccccc65)cc4c3cc12. The second-order valence-electron chi connectivity index (χ2n) is 10.7. The van der Waals surface area contributed by atoms with Crippen LogP contribution in [0.4, 0.5) is 5.69 Å². The molecule has 0 atom stereocenters. The molecule has 5 heteroatoms. The van der Waals surface area contributed by atoms with Gasteiger partial charge in [0, 0.05) is 43.9 Å². The largest absolute Gasteiger partial charge is 0.467 e. The van der Waals surface area contributed by atoms with Gasteiger partial charge in [-0.25, -0.2) is 4.85 Å². The van der Waals surface area contributed by atoms with E-state index < -0.39 is 0 Å². The summed E-state index contributed by atoms with van der Waals surface area (Å²) >= 11 is 0. The molecule has 0 aliphatic heterocycles. The van der Waals surface area contributed by atoms with Crippen LogP contribution in [-0.4, -0.2) is 4.57 Å². The van der Waals surface area contributed by atoms with Crippen LogP contribution in [0.1, 0.15) is 5.56 Å². The third kappa shape index (κ3) is 3.19. The van der Waals surface area contributed by atoms with Crippen molar-refractivity contribution < 1.29 is 8.83 Å². The van der Waals surface area contributed by atoms with E-state index in [1.807, 2.05) is 48.5 Å². The smallest absolute Gasteiger partial charge is 0.229 e. The van der Waals surface area contributed by atoms with Gasteiger partial charge in [-0.05, 0) is 42.0 Å². The van der Waals surface area contributed by atoms with Gasteiger partial charge in [-0.1, -0.05) is 72.8 Å². The molecule has 5 nitrogen and oxygen atoms in total. The van der Waals surface area contributed by atoms with E-state index in [1.54, 1.807) is 6.07 Å². The van der Waals surface area contributed by atoms with E-state index in [1.165, 1.54) is 0 Å². The summed E-state index contributed by atoms with van der Waals surface area (Å²) in [7, 11) is 0. The maximum atomic E-state index is 10.3. The van der Waals surface area contributed by atoms with Crippen LogP contribution in [0, 0.1) is 17.9 Å². The highest BCUT2D eigenvalue weighted by Gasteiger charge is 2.20. The molecule has 0 saturated carbocycles. The number of rotatable bonds is 2. The Morgan fingerprint density at radius 3 is 2.05 bits per heavy atom. The Hall–Kier alpha value is -6.30. The number of furan rings is 2. The molecule has 3 heterocycles. The Morgan fingerprint density at radius 1 is 0.605 bits per heavy atom. The van der Waals surface area contributed by atoms with E-state index in [4.69, 9.17) is 15.4 Å². The highest BCUT2D eigenvalue weighted by atomic mass is 16.3. The van der Waals surface area contributed by atoms with Crippen molar-refractivity contribution in [3.63, 3.8) is 0 Å². The molecule has 0 amide bonds. The lowest BCUT2D eigenvalue weighted by Gasteiger charge is -2.16. The van der Waals surface area contributed by atoms with E-state index in [0.29, 0.717) is 22.4 Å². The molecule has 0 spiro atoms. The van der Waals surface area contributed by atoms with Crippen LogP contribution < -0.4 is 0 Å². The van der Waals surface area contributed by atoms with Gasteiger partial charge >= 0.3 is 0 Å². The predicted molar refractivity (Wildman–Crippen MR) is 172 cm³/mol. The van der Waals surface area contributed by atoms with Crippen LogP contribution in [0.25, 0.3) is 87.3 Å². The highest BCUT2D eigenvalue weighted by Crippen LogP contribution is 2.42. The summed E-state index contributed by atoms with van der Waals surface area (Å²) in [6.07, 6.45) is 0. The zero-order valence-corrected chi connectivity index (χ0v) is 22.6. The van der Waals surface area contributed by atoms with Crippen molar-refractivity contribution in [2.45, 2.75) is 0 Å². The number of benzene rings is 6. The van der Waals surface area contributed by atoms with Crippen molar-refractivity contribution in [2.24, 2.45) is 0 Å². The predicted octanol–water partition coefficient (Wildman–Crippen LogP) is 10.7. The zero-order chi connectivity index (χ0) is 28.7. The van der Waals surface area contributed by atoms with Gasteiger partial charge in [0.25, 0.3) is 0 Å². The second kappa shape index (κ2) is 8.60. The normalized spacial score (nSPS) is 11.7. The summed E-state index contributed by atoms with van der Waals surface area (Å²) in [5, 5.41) is 16.4. The van der Waals surface area contributed by atoms with Crippen LogP contribution >= 0.6 is 0 Å². The fourth-order valence-corrected chi connectivity index (χ4v) is 6.58. The van der Waals surface area contributed by atoms with Crippen molar-refractivity contribution in [3.05, 3.63) is 132 Å². The topological polar surface area (TPSA) is 59.4 Å². The average molecular weight is 550 g/mol. The Balaban J connectivity index is 1.33. The molecule has 3 aromatic heterocycles. The third-order valence-electron chi connectivity index (χ3n) is 8.46. The molecule has 198 valence electrons. The van der Waals surface area contributed by atoms with Gasteiger partial charge in [0.1, 0.15) is 28.4 Å². The fourth-order valence-electron chi connectivity index (χ4n) is 6.58. The Labute approximate surface area is 244 Å². The van der Waals surface area contributed by atoms with Gasteiger partial charge in [-0.2, -0.15) is 5.26 Å². The highest BCUT2D eigenvalue weighted by molar-refractivity contribution is 6.17. The van der Waals surface area contributed by atoms with Gasteiger partial charge in [-0.3, -0.25) is 0 Å². The lowest BCUT2D eigenvalue weighted by Crippen LogP contribution is -2.00. The maximum absolute atomic E-state index is 10.3. The minimum Gasteiger partial charge on any atom is -0.467 e. The maximum Gasteiger partial charge on any atom is 0.229 e. The summed E-state index contributed by atoms with van der Waals surface area (Å²) in [6.45, 7) is 7.54. The molecular weight excluding hydrogens is 530 g/mol. The van der Waals surface area contributed by atoms with Gasteiger partial charge in [-0.15, -0.1) is 0 Å². The monoisotopic (exact) mass is 549 g/mol. The summed E-state index contributed by atoms with van der Waals surface area (Å²) in [5.74, 6) is 0. The van der Waals surface area contributed by atoms with Crippen LogP contribution in [0.3, 0.4) is 0 Å². The molecular formula is C38H19N3O2. The standard InChI is InChI=1S/C38H19N3O2/c1-40-31-13-7-12-27-29-19-30-28-18-22(16-17-34(28)42-35(30)20-36(29)43-38(27)31)24-11-6-8-23(21-39)37(24)41-32-14-4-2-9-25(32)26-10-3-5-15-33(26)41/h2-20H. The van der Waals surface area contributed by atoms with Gasteiger partial charge in [0.05, 0.1) is 28.9 Å². The molecule has 43 heavy (non-hydrogen) atoms. The van der Waals surface area contributed by atoms with E-state index in [0.717, 1.165) is 71.3 Å². The Kier molecular flexibility index (Phi) is 4.68. The number of nitriles is 1. The summed E-state index contributed by atoms with van der Waals surface area (Å²) in [5.41, 5.74) is 8.76. The molecule has 9 rings (SSSR count). The number of aromatic nitrogens is 1. The van der Waals surface area contributed by atoms with Crippen LogP contribution in [-0.2, 0) is 0 Å². The van der Waals surface area contributed by atoms with Crippen molar-refractivity contribution >= 4 is 71.4 Å². The Morgan fingerprint density at radius 2 is 1.28 bits per heavy atom. The first-order chi connectivity index (χ1) is 21.2. The quantitative estimate of drug-likeness (QED) is 0.202. The van der Waals surface area contributed by atoms with Crippen LogP contribution in [0.2, 0.25) is 0 Å². The second-order valence-corrected chi connectivity index (χ2v) is 10.7. The molecule has 0 unspecified atom stereocenters. The molecule has 0 bridgehead atoms. The lowest BCUT2D eigenvalue weighted by molar-refractivity contribution is 0.657. The van der Waals surface area contributed by atoms with Gasteiger partial charge in [0.2, 0.25) is 5.69 Å². The average Bonchev–Trinajstić information content (AvgIpc) is 3.71. The summed E-state index contributed by atoms with van der Waals surface area (Å²) < 4.78 is 14.6. The van der Waals surface area contributed by atoms with Crippen molar-refractivity contribution in [1.82, 2.24) is 4.57 Å². The van der Waals surface area contributed by atoms with Gasteiger partial charge in [0.15, 0.2) is 0 Å². The van der Waals surface area contributed by atoms with E-state index >= 15 is 0 Å². The molecule has 0 saturated heterocycles. The molecule has 9 aromatic rings. The lowest BCUT2D eigenvalue weighted by atomic mass is 9.98. The molecule has 0 N–H and O–H groups in total. The first-order valence-corrected chi connectivity index (χ1v) is 13.9. The zero-order valence-electron chi connectivity index (χ0n) is 22.6. The van der Waals surface area contributed by atoms with Crippen molar-refractivity contribution in [2.75, 3.05) is 0 Å². The number of nitrogens with zero attached hydrogens (tertiary/aromatic N) is 3. The third-order valence-corrected chi connectivity index (χ3v) is 8.46. The van der Waals surface area contributed by atoms with Crippen molar-refractivity contribution in [1.29, 1.82) is 5.26 Å². The minimum atomic E-state index is 0.493. The van der Waals surface area contributed by atoms with Crippen molar-refractivity contribution in [3.8, 4) is 22.9 Å². The van der Waals surface area contributed by atoms with E-state index in [-0.39, 0.29) is 0 Å². The fraction of sp³-hybridized carbons (Fsp3) is 0.